The van der Waals surface area contributed by atoms with Gasteiger partial charge in [-0.1, -0.05) is 50.3 Å². The van der Waals surface area contributed by atoms with Crippen LogP contribution in [-0.2, 0) is 18.4 Å². The van der Waals surface area contributed by atoms with E-state index in [1.54, 1.807) is 0 Å². The van der Waals surface area contributed by atoms with Gasteiger partial charge in [-0.15, -0.1) is 0 Å². The van der Waals surface area contributed by atoms with Gasteiger partial charge in [-0.3, -0.25) is 4.79 Å². The lowest BCUT2D eigenvalue weighted by atomic mass is 10.1. The van der Waals surface area contributed by atoms with Crippen LogP contribution < -0.4 is 40.8 Å². The van der Waals surface area contributed by atoms with Crippen molar-refractivity contribution in [3.8, 4) is 17.2 Å². The van der Waals surface area contributed by atoms with E-state index in [1.165, 1.54) is 40.3 Å². The number of phosphoric ester groups is 1. The first-order valence-electron chi connectivity index (χ1n) is 13.6. The van der Waals surface area contributed by atoms with Crippen LogP contribution in [0.15, 0.2) is 65.3 Å². The average molecular weight is 653 g/mol. The Balaban J connectivity index is 2.02. The van der Waals surface area contributed by atoms with E-state index in [-0.39, 0.29) is 34.9 Å². The minimum absolute atomic E-state index is 0.00432. The zero-order valence-corrected chi connectivity index (χ0v) is 26.8. The SMILES string of the molecule is CC(C)=CCC/C(C)=C/CC/C(C)=C/CN1C(=O)c2cccc(OP(=O)(O[NH3+])O[NH3+])c2Nc2c(OP(=O)([O-])[O-])cc(O)cc21. The molecule has 44 heavy (non-hydrogen) atoms. The molecule has 0 aromatic heterocycles. The molecule has 16 heteroatoms. The Kier molecular flexibility index (Phi) is 12.0. The molecule has 0 atom stereocenters. The molecule has 0 spiro atoms. The number of amides is 1. The lowest BCUT2D eigenvalue weighted by molar-refractivity contribution is -0.682. The van der Waals surface area contributed by atoms with Gasteiger partial charge < -0.3 is 38.7 Å². The first-order chi connectivity index (χ1) is 20.7. The van der Waals surface area contributed by atoms with E-state index < -0.39 is 33.1 Å². The van der Waals surface area contributed by atoms with Crippen LogP contribution >= 0.6 is 15.6 Å². The van der Waals surface area contributed by atoms with Crippen LogP contribution in [0.4, 0.5) is 17.1 Å². The summed E-state index contributed by atoms with van der Waals surface area (Å²) in [4.78, 5) is 38.4. The van der Waals surface area contributed by atoms with E-state index in [9.17, 15) is 28.8 Å². The number of phosphoric acid groups is 2. The number of para-hydroxylation sites is 1. The first kappa shape index (κ1) is 35.0. The summed E-state index contributed by atoms with van der Waals surface area (Å²) in [6, 6.07) is 6.35. The van der Waals surface area contributed by atoms with E-state index in [4.69, 9.17) is 4.52 Å². The molecule has 0 bridgehead atoms. The van der Waals surface area contributed by atoms with E-state index in [0.29, 0.717) is 0 Å². The van der Waals surface area contributed by atoms with Crippen molar-refractivity contribution in [2.75, 3.05) is 16.8 Å². The van der Waals surface area contributed by atoms with Gasteiger partial charge in [0.25, 0.3) is 5.91 Å². The van der Waals surface area contributed by atoms with Crippen LogP contribution in [-0.4, -0.2) is 17.6 Å². The minimum atomic E-state index is -5.61. The highest BCUT2D eigenvalue weighted by molar-refractivity contribution is 7.48. The number of hydrogen-bond donors (Lipinski definition) is 4. The van der Waals surface area contributed by atoms with Crippen molar-refractivity contribution in [2.45, 2.75) is 53.4 Å². The number of phenols is 1. The van der Waals surface area contributed by atoms with Crippen molar-refractivity contribution in [3.05, 3.63) is 70.8 Å². The third kappa shape index (κ3) is 9.52. The quantitative estimate of drug-likeness (QED) is 0.0999. The highest BCUT2D eigenvalue weighted by Gasteiger charge is 2.36. The number of carbonyl (C=O) groups is 1. The van der Waals surface area contributed by atoms with E-state index >= 15 is 0 Å². The van der Waals surface area contributed by atoms with Crippen LogP contribution in [0.3, 0.4) is 0 Å². The molecule has 2 aromatic carbocycles. The summed E-state index contributed by atoms with van der Waals surface area (Å²) in [7, 11) is -9.93. The van der Waals surface area contributed by atoms with Crippen molar-refractivity contribution in [2.24, 2.45) is 0 Å². The van der Waals surface area contributed by atoms with Gasteiger partial charge in [0.1, 0.15) is 19.3 Å². The van der Waals surface area contributed by atoms with Gasteiger partial charge in [-0.25, -0.2) is 4.57 Å². The van der Waals surface area contributed by atoms with Gasteiger partial charge in [0.05, 0.1) is 16.9 Å². The number of anilines is 3. The second-order valence-electron chi connectivity index (χ2n) is 10.4. The summed E-state index contributed by atoms with van der Waals surface area (Å²) in [5.74, 6) is 4.28. The van der Waals surface area contributed by atoms with Crippen molar-refractivity contribution in [1.29, 1.82) is 0 Å². The molecule has 1 heterocycles. The topological polar surface area (TPSA) is 225 Å². The van der Waals surface area contributed by atoms with Gasteiger partial charge >= 0.3 is 7.82 Å². The Labute approximate surface area is 255 Å². The summed E-state index contributed by atoms with van der Waals surface area (Å²) in [6.45, 7) is 8.16. The second kappa shape index (κ2) is 15.0. The zero-order valence-electron chi connectivity index (χ0n) is 25.0. The van der Waals surface area contributed by atoms with Gasteiger partial charge in [-0.2, -0.15) is 11.8 Å². The van der Waals surface area contributed by atoms with Crippen LogP contribution in [0.1, 0.15) is 63.7 Å². The molecule has 14 nitrogen and oxygen atoms in total. The first-order valence-corrected chi connectivity index (χ1v) is 16.5. The van der Waals surface area contributed by atoms with Crippen molar-refractivity contribution in [1.82, 2.24) is 0 Å². The number of allylic oxidation sites excluding steroid dienone is 5. The molecule has 0 saturated heterocycles. The molecule has 1 amide bonds. The molecule has 0 aliphatic carbocycles. The molecular formula is C28H38N4O10P2. The molecule has 3 rings (SSSR count). The third-order valence-electron chi connectivity index (χ3n) is 6.59. The average Bonchev–Trinajstić information content (AvgIpc) is 3.05. The third-order valence-corrected chi connectivity index (χ3v) is 8.06. The smallest absolute Gasteiger partial charge is 0.624 e. The summed E-state index contributed by atoms with van der Waals surface area (Å²) in [6.07, 6.45) is 9.67. The molecule has 1 aliphatic rings. The van der Waals surface area contributed by atoms with E-state index in [2.05, 4.69) is 63.8 Å². The fraction of sp³-hybridized carbons (Fsp3) is 0.321. The Morgan fingerprint density at radius 1 is 0.932 bits per heavy atom. The fourth-order valence-corrected chi connectivity index (χ4v) is 5.35. The van der Waals surface area contributed by atoms with Crippen LogP contribution in [0, 0.1) is 0 Å². The summed E-state index contributed by atoms with van der Waals surface area (Å²) in [5.41, 5.74) is 3.32. The van der Waals surface area contributed by atoms with Crippen LogP contribution in [0.2, 0.25) is 0 Å². The molecule has 1 aliphatic heterocycles. The monoisotopic (exact) mass is 652 g/mol. The number of quaternary nitrogens is 2. The lowest BCUT2D eigenvalue weighted by Gasteiger charge is -2.31. The number of nitrogens with one attached hydrogen (secondary N) is 1. The van der Waals surface area contributed by atoms with E-state index in [1.807, 2.05) is 13.0 Å². The fourth-order valence-electron chi connectivity index (χ4n) is 4.39. The maximum Gasteiger partial charge on any atom is 0.624 e. The van der Waals surface area contributed by atoms with Gasteiger partial charge in [-0.05, 0) is 65.5 Å². The molecule has 0 saturated carbocycles. The maximum atomic E-state index is 14.0. The number of phenolic OH excluding ortho intramolecular Hbond substituents is 1. The van der Waals surface area contributed by atoms with Gasteiger partial charge in [0.2, 0.25) is 0 Å². The molecule has 0 fully saturated rings. The van der Waals surface area contributed by atoms with E-state index in [0.717, 1.165) is 37.3 Å². The van der Waals surface area contributed by atoms with Crippen molar-refractivity contribution < 1.29 is 58.9 Å². The van der Waals surface area contributed by atoms with Crippen LogP contribution in [0.25, 0.3) is 0 Å². The standard InChI is InChI=1S/C28H38N4O10P2/c1-18(2)8-5-9-19(3)10-6-11-20(4)14-15-32-23-16-21(33)17-25(39-43(35,36)37)27(23)31-26-22(28(32)34)12-7-13-24(26)40-44(38,41-29)42-30/h7-8,10,12-14,16-17H,5-6,9,11,15H2,1-4,29-30H3,(H2-2,31,33,34,35,36,37)/b19-10+,20-14+. The second-order valence-corrected chi connectivity index (χ2v) is 13.0. The predicted octanol–water partition coefficient (Wildman–Crippen LogP) is 3.56. The maximum absolute atomic E-state index is 14.0. The molecule has 2 aromatic rings. The highest BCUT2D eigenvalue weighted by atomic mass is 31.2. The number of hydrogen-bond acceptors (Lipinski definition) is 11. The lowest BCUT2D eigenvalue weighted by Crippen LogP contribution is -2.54. The largest absolute Gasteiger partial charge is 0.780 e. The highest BCUT2D eigenvalue weighted by Crippen LogP contribution is 2.52. The van der Waals surface area contributed by atoms with Crippen LogP contribution in [0.5, 0.6) is 17.2 Å². The summed E-state index contributed by atoms with van der Waals surface area (Å²) in [5, 5.41) is 13.3. The van der Waals surface area contributed by atoms with Crippen molar-refractivity contribution >= 4 is 38.6 Å². The number of carbonyl (C=O) groups excluding carboxylic acids is 1. The molecule has 240 valence electrons. The zero-order chi connectivity index (χ0) is 32.7. The minimum Gasteiger partial charge on any atom is -0.780 e. The molecular weight excluding hydrogens is 614 g/mol. The number of rotatable bonds is 14. The normalized spacial score (nSPS) is 13.9. The summed E-state index contributed by atoms with van der Waals surface area (Å²) < 4.78 is 43.4. The molecule has 0 unspecified atom stereocenters. The number of fused-ring (bicyclic) bond motifs is 2. The predicted molar refractivity (Wildman–Crippen MR) is 159 cm³/mol. The Morgan fingerprint density at radius 2 is 1.57 bits per heavy atom. The number of aromatic hydroxyl groups is 1. The Hall–Kier alpha value is -3.45. The Morgan fingerprint density at radius 3 is 2.18 bits per heavy atom. The number of benzene rings is 2. The molecule has 8 N–H and O–H groups in total. The van der Waals surface area contributed by atoms with Gasteiger partial charge in [0.15, 0.2) is 11.5 Å². The van der Waals surface area contributed by atoms with Crippen molar-refractivity contribution in [3.63, 3.8) is 0 Å². The Bertz CT molecular complexity index is 1560. The molecule has 0 radical (unpaired) electrons. The summed E-state index contributed by atoms with van der Waals surface area (Å²) >= 11 is 0. The number of nitrogens with zero attached hydrogens (tertiary/aromatic N) is 1. The van der Waals surface area contributed by atoms with Gasteiger partial charge in [0, 0.05) is 18.7 Å².